The number of nitrogens with one attached hydrogen (secondary N) is 1. The van der Waals surface area contributed by atoms with Crippen LogP contribution in [0.15, 0.2) is 47.6 Å². The molecule has 0 unspecified atom stereocenters. The van der Waals surface area contributed by atoms with E-state index in [1.54, 1.807) is 24.3 Å². The molecule has 2 rings (SSSR count). The number of amides is 1. The third-order valence-corrected chi connectivity index (χ3v) is 3.28. The molecule has 0 heterocycles. The van der Waals surface area contributed by atoms with Gasteiger partial charge in [0, 0.05) is 25.3 Å². The highest BCUT2D eigenvalue weighted by Crippen LogP contribution is 2.22. The molecule has 2 aromatic carbocycles. The van der Waals surface area contributed by atoms with Crippen molar-refractivity contribution in [3.05, 3.63) is 58.6 Å². The van der Waals surface area contributed by atoms with Crippen LogP contribution in [0.3, 0.4) is 0 Å². The van der Waals surface area contributed by atoms with Gasteiger partial charge in [-0.1, -0.05) is 17.7 Å². The number of hydrazone groups is 1. The summed E-state index contributed by atoms with van der Waals surface area (Å²) in [6.07, 6.45) is 1.46. The Labute approximate surface area is 133 Å². The molecule has 0 aliphatic rings. The Morgan fingerprint density at radius 1 is 1.27 bits per heavy atom. The van der Waals surface area contributed by atoms with Crippen molar-refractivity contribution in [3.8, 4) is 5.75 Å². The number of nitrogens with zero attached hydrogens (tertiary/aromatic N) is 2. The number of halogens is 1. The van der Waals surface area contributed by atoms with E-state index < -0.39 is 0 Å². The van der Waals surface area contributed by atoms with Crippen molar-refractivity contribution in [1.82, 2.24) is 5.43 Å². The number of carbonyl (C=O) groups is 1. The van der Waals surface area contributed by atoms with Crippen molar-refractivity contribution >= 4 is 29.4 Å². The standard InChI is InChI=1S/C16H16ClN3O2/c1-20(2)13-5-3-4-12(9-13)16(22)19-18-10-11-6-7-15(21)14(17)8-11/h3-10,21H,1-2H3,(H,19,22)/b18-10+. The van der Waals surface area contributed by atoms with Crippen LogP contribution in [-0.2, 0) is 0 Å². The molecule has 0 bridgehead atoms. The van der Waals surface area contributed by atoms with Gasteiger partial charge < -0.3 is 10.0 Å². The van der Waals surface area contributed by atoms with Crippen LogP contribution in [0.25, 0.3) is 0 Å². The smallest absolute Gasteiger partial charge is 0.271 e. The largest absolute Gasteiger partial charge is 0.506 e. The summed E-state index contributed by atoms with van der Waals surface area (Å²) in [6.45, 7) is 0. The lowest BCUT2D eigenvalue weighted by Gasteiger charge is -2.12. The van der Waals surface area contributed by atoms with Crippen LogP contribution in [0.4, 0.5) is 5.69 Å². The van der Waals surface area contributed by atoms with Crippen LogP contribution in [0, 0.1) is 0 Å². The minimum Gasteiger partial charge on any atom is -0.506 e. The second-order valence-electron chi connectivity index (χ2n) is 4.85. The van der Waals surface area contributed by atoms with Gasteiger partial charge in [-0.2, -0.15) is 5.10 Å². The van der Waals surface area contributed by atoms with E-state index in [4.69, 9.17) is 11.6 Å². The molecule has 2 aromatic rings. The lowest BCUT2D eigenvalue weighted by atomic mass is 10.2. The van der Waals surface area contributed by atoms with Gasteiger partial charge in [-0.25, -0.2) is 5.43 Å². The first kappa shape index (κ1) is 15.9. The summed E-state index contributed by atoms with van der Waals surface area (Å²) in [5.74, 6) is -0.298. The SMILES string of the molecule is CN(C)c1cccc(C(=O)N/N=C/c2ccc(O)c(Cl)c2)c1. The Kier molecular flexibility index (Phi) is 5.01. The number of aromatic hydroxyl groups is 1. The minimum absolute atomic E-state index is 0.00310. The van der Waals surface area contributed by atoms with Gasteiger partial charge in [0.25, 0.3) is 5.91 Å². The van der Waals surface area contributed by atoms with E-state index >= 15 is 0 Å². The first-order chi connectivity index (χ1) is 10.5. The number of phenols is 1. The third-order valence-electron chi connectivity index (χ3n) is 2.98. The van der Waals surface area contributed by atoms with Crippen LogP contribution < -0.4 is 10.3 Å². The van der Waals surface area contributed by atoms with E-state index in [1.807, 2.05) is 31.1 Å². The molecule has 0 radical (unpaired) electrons. The van der Waals surface area contributed by atoms with E-state index in [0.29, 0.717) is 11.1 Å². The molecule has 114 valence electrons. The Morgan fingerprint density at radius 3 is 2.73 bits per heavy atom. The lowest BCUT2D eigenvalue weighted by Crippen LogP contribution is -2.18. The molecule has 2 N–H and O–H groups in total. The third kappa shape index (κ3) is 3.99. The zero-order valence-corrected chi connectivity index (χ0v) is 13.0. The van der Waals surface area contributed by atoms with Crippen LogP contribution in [-0.4, -0.2) is 31.3 Å². The van der Waals surface area contributed by atoms with Gasteiger partial charge in [-0.3, -0.25) is 4.79 Å². The van der Waals surface area contributed by atoms with Gasteiger partial charge in [0.2, 0.25) is 0 Å². The van der Waals surface area contributed by atoms with Crippen molar-refractivity contribution in [1.29, 1.82) is 0 Å². The van der Waals surface area contributed by atoms with Gasteiger partial charge in [0.05, 0.1) is 11.2 Å². The van der Waals surface area contributed by atoms with Gasteiger partial charge in [-0.05, 0) is 42.0 Å². The molecule has 22 heavy (non-hydrogen) atoms. The fraction of sp³-hybridized carbons (Fsp3) is 0.125. The highest BCUT2D eigenvalue weighted by atomic mass is 35.5. The Bertz CT molecular complexity index is 714. The van der Waals surface area contributed by atoms with E-state index in [0.717, 1.165) is 5.69 Å². The maximum Gasteiger partial charge on any atom is 0.271 e. The number of hydrogen-bond acceptors (Lipinski definition) is 4. The van der Waals surface area contributed by atoms with Crippen LogP contribution in [0.5, 0.6) is 5.75 Å². The monoisotopic (exact) mass is 317 g/mol. The van der Waals surface area contributed by atoms with Crippen LogP contribution in [0.1, 0.15) is 15.9 Å². The van der Waals surface area contributed by atoms with Crippen LogP contribution >= 0.6 is 11.6 Å². The van der Waals surface area contributed by atoms with E-state index in [9.17, 15) is 9.90 Å². The molecule has 0 saturated heterocycles. The Hall–Kier alpha value is -2.53. The number of phenolic OH excluding ortho intramolecular Hbond substituents is 1. The van der Waals surface area contributed by atoms with Gasteiger partial charge in [0.1, 0.15) is 5.75 Å². The lowest BCUT2D eigenvalue weighted by molar-refractivity contribution is 0.0955. The predicted molar refractivity (Wildman–Crippen MR) is 88.9 cm³/mol. The number of benzene rings is 2. The summed E-state index contributed by atoms with van der Waals surface area (Å²) >= 11 is 5.79. The molecule has 0 saturated carbocycles. The quantitative estimate of drug-likeness (QED) is 0.673. The average Bonchev–Trinajstić information content (AvgIpc) is 2.51. The topological polar surface area (TPSA) is 64.9 Å². The summed E-state index contributed by atoms with van der Waals surface area (Å²) in [5, 5.41) is 13.4. The predicted octanol–water partition coefficient (Wildman–Crippen LogP) is 2.88. The molecule has 1 amide bonds. The summed E-state index contributed by atoms with van der Waals surface area (Å²) in [7, 11) is 3.81. The molecule has 0 aliphatic heterocycles. The Balaban J connectivity index is 2.04. The molecule has 0 spiro atoms. The highest BCUT2D eigenvalue weighted by molar-refractivity contribution is 6.32. The van der Waals surface area contributed by atoms with Gasteiger partial charge >= 0.3 is 0 Å². The van der Waals surface area contributed by atoms with Crippen molar-refractivity contribution in [2.45, 2.75) is 0 Å². The Morgan fingerprint density at radius 2 is 2.05 bits per heavy atom. The van der Waals surface area contributed by atoms with Crippen molar-refractivity contribution in [2.24, 2.45) is 5.10 Å². The van der Waals surface area contributed by atoms with E-state index in [-0.39, 0.29) is 16.7 Å². The molecular formula is C16H16ClN3O2. The summed E-state index contributed by atoms with van der Waals surface area (Å²) in [5.41, 5.74) is 4.58. The molecule has 0 aromatic heterocycles. The molecule has 0 aliphatic carbocycles. The number of anilines is 1. The van der Waals surface area contributed by atoms with E-state index in [1.165, 1.54) is 12.3 Å². The maximum atomic E-state index is 12.0. The fourth-order valence-corrected chi connectivity index (χ4v) is 1.95. The van der Waals surface area contributed by atoms with Crippen molar-refractivity contribution < 1.29 is 9.90 Å². The average molecular weight is 318 g/mol. The maximum absolute atomic E-state index is 12.0. The molecule has 0 atom stereocenters. The fourth-order valence-electron chi connectivity index (χ4n) is 1.76. The summed E-state index contributed by atoms with van der Waals surface area (Å²) in [4.78, 5) is 13.9. The number of rotatable bonds is 4. The second kappa shape index (κ2) is 6.95. The van der Waals surface area contributed by atoms with E-state index in [2.05, 4.69) is 10.5 Å². The molecule has 0 fully saturated rings. The first-order valence-electron chi connectivity index (χ1n) is 6.56. The minimum atomic E-state index is -0.301. The second-order valence-corrected chi connectivity index (χ2v) is 5.26. The molecular weight excluding hydrogens is 302 g/mol. The number of carbonyl (C=O) groups excluding carboxylic acids is 1. The molecule has 5 nitrogen and oxygen atoms in total. The van der Waals surface area contributed by atoms with Gasteiger partial charge in [-0.15, -0.1) is 0 Å². The highest BCUT2D eigenvalue weighted by Gasteiger charge is 2.05. The summed E-state index contributed by atoms with van der Waals surface area (Å²) in [6, 6.07) is 11.9. The number of hydrogen-bond donors (Lipinski definition) is 2. The normalized spacial score (nSPS) is 10.7. The van der Waals surface area contributed by atoms with Crippen LogP contribution in [0.2, 0.25) is 5.02 Å². The zero-order chi connectivity index (χ0) is 16.1. The van der Waals surface area contributed by atoms with Crippen molar-refractivity contribution in [2.75, 3.05) is 19.0 Å². The van der Waals surface area contributed by atoms with Gasteiger partial charge in [0.15, 0.2) is 0 Å². The summed E-state index contributed by atoms with van der Waals surface area (Å²) < 4.78 is 0. The van der Waals surface area contributed by atoms with Crippen molar-refractivity contribution in [3.63, 3.8) is 0 Å². The first-order valence-corrected chi connectivity index (χ1v) is 6.94. The zero-order valence-electron chi connectivity index (χ0n) is 12.2. The molecule has 6 heteroatoms.